The molecule has 15 heteroatoms. The number of ether oxygens (including phenoxy) is 2. The lowest BCUT2D eigenvalue weighted by molar-refractivity contribution is -0.149. The van der Waals surface area contributed by atoms with E-state index in [1.807, 2.05) is 0 Å². The van der Waals surface area contributed by atoms with Crippen molar-refractivity contribution in [1.29, 1.82) is 0 Å². The second-order valence-corrected chi connectivity index (χ2v) is 9.11. The molecule has 0 spiro atoms. The van der Waals surface area contributed by atoms with Gasteiger partial charge in [-0.3, -0.25) is 13.9 Å². The van der Waals surface area contributed by atoms with Gasteiger partial charge < -0.3 is 30.2 Å². The highest BCUT2D eigenvalue weighted by Crippen LogP contribution is 2.44. The smallest absolute Gasteiger partial charge is 0.323 e. The van der Waals surface area contributed by atoms with Crippen molar-refractivity contribution in [3.8, 4) is 0 Å². The number of alkyl halides is 1. The largest absolute Gasteiger partial charge is 0.462 e. The van der Waals surface area contributed by atoms with Gasteiger partial charge in [-0.25, -0.2) is 14.5 Å². The quantitative estimate of drug-likeness (QED) is 0.206. The second kappa shape index (κ2) is 10.3. The molecule has 1 saturated heterocycles. The Labute approximate surface area is 195 Å². The Bertz CT molecular complexity index is 1080. The molecule has 188 valence electrons. The van der Waals surface area contributed by atoms with E-state index in [9.17, 15) is 14.5 Å². The number of rotatable bonds is 10. The molecule has 6 atom stereocenters. The minimum atomic E-state index is -2.95. The topological polar surface area (TPSA) is 176 Å². The number of nitrogen functional groups attached to an aromatic ring is 1. The summed E-state index contributed by atoms with van der Waals surface area (Å²) < 4.78 is 45.4. The minimum absolute atomic E-state index is 0.0742. The van der Waals surface area contributed by atoms with E-state index in [0.717, 1.165) is 6.08 Å². The van der Waals surface area contributed by atoms with E-state index in [2.05, 4.69) is 31.9 Å². The third-order valence-electron chi connectivity index (χ3n) is 5.15. The van der Waals surface area contributed by atoms with Crippen molar-refractivity contribution >= 4 is 37.1 Å². The second-order valence-electron chi connectivity index (χ2n) is 7.96. The molecule has 1 fully saturated rings. The summed E-state index contributed by atoms with van der Waals surface area (Å²) in [5.41, 5.74) is 3.78. The molecule has 2 aromatic rings. The lowest BCUT2D eigenvalue weighted by atomic mass is 9.96. The Morgan fingerprint density at radius 2 is 2.21 bits per heavy atom. The molecule has 13 nitrogen and oxygen atoms in total. The highest BCUT2D eigenvalue weighted by molar-refractivity contribution is 7.36. The fraction of sp³-hybridized carbons (Fsp3) is 0.579. The molecule has 0 radical (unpaired) electrons. The molecule has 5 N–H and O–H groups in total. The maximum atomic E-state index is 15.9. The van der Waals surface area contributed by atoms with E-state index in [4.69, 9.17) is 19.7 Å². The van der Waals surface area contributed by atoms with Gasteiger partial charge in [0.2, 0.25) is 11.6 Å². The normalized spacial score (nSPS) is 26.5. The van der Waals surface area contributed by atoms with Crippen LogP contribution in [0.3, 0.4) is 0 Å². The Kier molecular flexibility index (Phi) is 7.88. The zero-order valence-electron chi connectivity index (χ0n) is 19.2. The van der Waals surface area contributed by atoms with Crippen LogP contribution < -0.4 is 16.1 Å². The number of hydrogen-bond acceptors (Lipinski definition) is 11. The van der Waals surface area contributed by atoms with Crippen molar-refractivity contribution in [3.63, 3.8) is 0 Å². The van der Waals surface area contributed by atoms with Crippen LogP contribution >= 0.6 is 8.18 Å². The van der Waals surface area contributed by atoms with Crippen LogP contribution in [0.25, 0.3) is 11.2 Å². The van der Waals surface area contributed by atoms with Gasteiger partial charge >= 0.3 is 5.97 Å². The average Bonchev–Trinajstić information content (AvgIpc) is 3.30. The number of aliphatic hydroxyl groups excluding tert-OH is 1. The van der Waals surface area contributed by atoms with Gasteiger partial charge in [0.25, 0.3) is 8.18 Å². The number of nitrogens with zero attached hydrogens (tertiary/aromatic N) is 4. The van der Waals surface area contributed by atoms with Gasteiger partial charge in [0.15, 0.2) is 23.2 Å². The van der Waals surface area contributed by atoms with Crippen LogP contribution in [0.5, 0.6) is 0 Å². The molecule has 0 bridgehead atoms. The van der Waals surface area contributed by atoms with E-state index in [0.29, 0.717) is 11.3 Å². The van der Waals surface area contributed by atoms with Gasteiger partial charge in [-0.15, -0.1) is 0 Å². The maximum Gasteiger partial charge on any atom is 0.323 e. The van der Waals surface area contributed by atoms with Crippen LogP contribution in [0.2, 0.25) is 0 Å². The van der Waals surface area contributed by atoms with Crippen molar-refractivity contribution in [3.05, 3.63) is 19.0 Å². The lowest BCUT2D eigenvalue weighted by Crippen LogP contribution is -2.41. The molecule has 3 heterocycles. The number of hydrogen-bond donors (Lipinski definition) is 4. The highest BCUT2D eigenvalue weighted by atomic mass is 31.1. The molecular weight excluding hydrogens is 472 g/mol. The van der Waals surface area contributed by atoms with Crippen LogP contribution in [0, 0.1) is 0 Å². The SMILES string of the molecule is C=C[C@@]1(F)[C@H](O)[C@@H](CO[PH](=O)N[C@@H](C)C(=O)OC(C)C)O[C@H]1n1cnc2c(NC)nc(N)nc21. The number of nitrogens with one attached hydrogen (secondary N) is 2. The van der Waals surface area contributed by atoms with Gasteiger partial charge in [-0.2, -0.15) is 9.97 Å². The molecule has 1 aliphatic rings. The van der Waals surface area contributed by atoms with Gasteiger partial charge in [0.1, 0.15) is 18.2 Å². The lowest BCUT2D eigenvalue weighted by Gasteiger charge is -2.25. The molecule has 0 amide bonds. The van der Waals surface area contributed by atoms with Crippen LogP contribution in [-0.2, 0) is 23.4 Å². The van der Waals surface area contributed by atoms with Gasteiger partial charge in [0, 0.05) is 7.05 Å². The van der Waals surface area contributed by atoms with E-state index in [-0.39, 0.29) is 17.7 Å². The molecule has 2 aromatic heterocycles. The highest BCUT2D eigenvalue weighted by Gasteiger charge is 2.57. The Balaban J connectivity index is 1.75. The molecule has 3 rings (SSSR count). The predicted molar refractivity (Wildman–Crippen MR) is 122 cm³/mol. The number of aromatic nitrogens is 4. The van der Waals surface area contributed by atoms with E-state index < -0.39 is 50.9 Å². The summed E-state index contributed by atoms with van der Waals surface area (Å²) in [7, 11) is -1.33. The molecule has 0 aliphatic carbocycles. The molecule has 34 heavy (non-hydrogen) atoms. The summed E-state index contributed by atoms with van der Waals surface area (Å²) in [4.78, 5) is 24.2. The number of carbonyl (C=O) groups is 1. The van der Waals surface area contributed by atoms with Gasteiger partial charge in [-0.05, 0) is 26.8 Å². The molecule has 0 aromatic carbocycles. The van der Waals surface area contributed by atoms with Crippen molar-refractivity contribution in [1.82, 2.24) is 24.6 Å². The fourth-order valence-corrected chi connectivity index (χ4v) is 4.33. The zero-order valence-corrected chi connectivity index (χ0v) is 20.2. The Hall–Kier alpha value is -2.64. The van der Waals surface area contributed by atoms with Crippen molar-refractivity contribution in [2.45, 2.75) is 57.0 Å². The molecule has 0 saturated carbocycles. The van der Waals surface area contributed by atoms with Crippen LogP contribution in [0.4, 0.5) is 16.2 Å². The monoisotopic (exact) mass is 501 g/mol. The standard InChI is InChI=1S/C19H29FN7O6P/c1-6-19(20)13(28)11(7-31-34(30)26-10(4)16(29)32-9(2)3)33-17(19)27-8-23-12-14(22-5)24-18(21)25-15(12)27/h6,8-11,13,17,28,34H,1,7H2,2-5H3,(H,26,30)(H3,21,22,24,25)/t10-,11+,13+,17+,19+/m0/s1. The molecule has 1 unspecified atom stereocenters. The molecular formula is C19H29FN7O6P. The predicted octanol–water partition coefficient (Wildman–Crippen LogP) is 0.939. The van der Waals surface area contributed by atoms with Crippen LogP contribution in [-0.4, -0.2) is 74.3 Å². The maximum absolute atomic E-state index is 15.9. The van der Waals surface area contributed by atoms with Gasteiger partial charge in [-0.1, -0.05) is 6.58 Å². The zero-order chi connectivity index (χ0) is 25.2. The number of aliphatic hydroxyl groups is 1. The molecule has 1 aliphatic heterocycles. The van der Waals surface area contributed by atoms with Crippen molar-refractivity contribution < 1.29 is 32.9 Å². The first-order valence-corrected chi connectivity index (χ1v) is 11.8. The van der Waals surface area contributed by atoms with Gasteiger partial charge in [0.05, 0.1) is 19.0 Å². The third-order valence-corrected chi connectivity index (χ3v) is 6.24. The first-order valence-electron chi connectivity index (χ1n) is 10.5. The van der Waals surface area contributed by atoms with Crippen LogP contribution in [0.1, 0.15) is 27.0 Å². The number of carbonyl (C=O) groups excluding carboxylic acids is 1. The Morgan fingerprint density at radius 3 is 2.82 bits per heavy atom. The number of halogens is 1. The van der Waals surface area contributed by atoms with E-state index in [1.165, 1.54) is 17.8 Å². The minimum Gasteiger partial charge on any atom is -0.462 e. The van der Waals surface area contributed by atoms with Crippen molar-refractivity contribution in [2.75, 3.05) is 24.7 Å². The summed E-state index contributed by atoms with van der Waals surface area (Å²) in [6, 6.07) is -0.895. The van der Waals surface area contributed by atoms with Crippen molar-refractivity contribution in [2.24, 2.45) is 0 Å². The first-order chi connectivity index (χ1) is 16.0. The number of esters is 1. The summed E-state index contributed by atoms with van der Waals surface area (Å²) in [5.74, 6) is -0.342. The Morgan fingerprint density at radius 1 is 1.50 bits per heavy atom. The number of nitrogens with two attached hydrogens (primary N) is 1. The summed E-state index contributed by atoms with van der Waals surface area (Å²) in [6.45, 7) is 7.90. The number of fused-ring (bicyclic) bond motifs is 1. The average molecular weight is 501 g/mol. The first kappa shape index (κ1) is 26.0. The fourth-order valence-electron chi connectivity index (χ4n) is 3.45. The summed E-state index contributed by atoms with van der Waals surface area (Å²) >= 11 is 0. The third kappa shape index (κ3) is 5.05. The summed E-state index contributed by atoms with van der Waals surface area (Å²) in [5, 5.41) is 16.0. The van der Waals surface area contributed by atoms with E-state index in [1.54, 1.807) is 20.9 Å². The summed E-state index contributed by atoms with van der Waals surface area (Å²) in [6.07, 6.45) is -2.49. The van der Waals surface area contributed by atoms with Crippen LogP contribution in [0.15, 0.2) is 19.0 Å². The number of imidazole rings is 1. The van der Waals surface area contributed by atoms with E-state index >= 15 is 4.39 Å². The number of anilines is 2.